The van der Waals surface area contributed by atoms with Gasteiger partial charge in [0.15, 0.2) is 0 Å². The molecule has 0 bridgehead atoms. The van der Waals surface area contributed by atoms with E-state index in [4.69, 9.17) is 26.8 Å². The summed E-state index contributed by atoms with van der Waals surface area (Å²) in [5, 5.41) is 8.94. The van der Waals surface area contributed by atoms with Crippen LogP contribution in [0.25, 0.3) is 10.9 Å². The molecule has 4 fully saturated rings. The molecule has 1 heterocycles. The quantitative estimate of drug-likeness (QED) is 0.166. The second-order valence-corrected chi connectivity index (χ2v) is 16.5. The molecule has 11 atom stereocenters. The zero-order valence-electron chi connectivity index (χ0n) is 29.6. The van der Waals surface area contributed by atoms with E-state index < -0.39 is 0 Å². The van der Waals surface area contributed by atoms with Gasteiger partial charge in [-0.1, -0.05) is 32.4 Å². The molecule has 264 valence electrons. The van der Waals surface area contributed by atoms with Crippen LogP contribution in [0.5, 0.6) is 0 Å². The minimum Gasteiger partial charge on any atom is -0.462 e. The molecule has 1 aromatic carbocycles. The summed E-state index contributed by atoms with van der Waals surface area (Å²) < 4.78 is 12.5. The zero-order valence-corrected chi connectivity index (χ0v) is 30.4. The first-order valence-electron chi connectivity index (χ1n) is 18.5. The molecule has 4 saturated carbocycles. The number of esters is 2. The minimum atomic E-state index is -0.184. The molecule has 0 spiro atoms. The van der Waals surface area contributed by atoms with Crippen molar-refractivity contribution in [1.82, 2.24) is 10.3 Å². The first-order valence-corrected chi connectivity index (χ1v) is 18.9. The molecule has 4 aliphatic carbocycles. The van der Waals surface area contributed by atoms with Gasteiger partial charge in [-0.15, -0.1) is 0 Å². The molecule has 0 unspecified atom stereocenters. The average Bonchev–Trinajstić information content (AvgIpc) is 3.39. The fourth-order valence-corrected chi connectivity index (χ4v) is 11.4. The Morgan fingerprint density at radius 1 is 1.02 bits per heavy atom. The number of nitrogens with one attached hydrogen (secondary N) is 2. The number of nitrogens with zero attached hydrogens (tertiary/aromatic N) is 1. The first kappa shape index (κ1) is 35.4. The third-order valence-electron chi connectivity index (χ3n) is 13.5. The second-order valence-electron chi connectivity index (χ2n) is 16.1. The number of rotatable bonds is 11. The van der Waals surface area contributed by atoms with Crippen LogP contribution in [0.2, 0.25) is 5.02 Å². The van der Waals surface area contributed by atoms with Crippen molar-refractivity contribution in [3.8, 4) is 0 Å². The number of carbonyl (C=O) groups is 2. The van der Waals surface area contributed by atoms with Gasteiger partial charge in [0.05, 0.1) is 5.52 Å². The van der Waals surface area contributed by atoms with Gasteiger partial charge < -0.3 is 25.8 Å². The molecule has 0 aliphatic heterocycles. The van der Waals surface area contributed by atoms with E-state index in [0.29, 0.717) is 40.5 Å². The Hall–Kier alpha value is -2.42. The maximum Gasteiger partial charge on any atom is 0.302 e. The van der Waals surface area contributed by atoms with Crippen molar-refractivity contribution in [3.05, 3.63) is 35.5 Å². The maximum atomic E-state index is 12.6. The van der Waals surface area contributed by atoms with E-state index in [0.717, 1.165) is 94.0 Å². The van der Waals surface area contributed by atoms with Crippen LogP contribution in [0, 0.1) is 46.3 Å². The molecular formula is C39H57ClN4O4. The largest absolute Gasteiger partial charge is 0.462 e. The van der Waals surface area contributed by atoms with Gasteiger partial charge in [-0.2, -0.15) is 0 Å². The Kier molecular flexibility index (Phi) is 10.6. The predicted octanol–water partition coefficient (Wildman–Crippen LogP) is 7.38. The Morgan fingerprint density at radius 2 is 1.81 bits per heavy atom. The topological polar surface area (TPSA) is 116 Å². The van der Waals surface area contributed by atoms with Gasteiger partial charge in [0.25, 0.3) is 0 Å². The van der Waals surface area contributed by atoms with Crippen molar-refractivity contribution in [2.24, 2.45) is 52.1 Å². The van der Waals surface area contributed by atoms with E-state index in [-0.39, 0.29) is 41.0 Å². The molecule has 9 heteroatoms. The number of nitrogens with two attached hydrogens (primary N) is 1. The van der Waals surface area contributed by atoms with Gasteiger partial charge in [-0.3, -0.25) is 14.6 Å². The average molecular weight is 681 g/mol. The van der Waals surface area contributed by atoms with E-state index in [2.05, 4.69) is 36.4 Å². The maximum absolute atomic E-state index is 12.6. The zero-order chi connectivity index (χ0) is 34.2. The molecular weight excluding hydrogens is 624 g/mol. The molecule has 6 rings (SSSR count). The second kappa shape index (κ2) is 14.4. The van der Waals surface area contributed by atoms with Crippen LogP contribution in [0.15, 0.2) is 30.5 Å². The van der Waals surface area contributed by atoms with Crippen LogP contribution in [0.1, 0.15) is 92.4 Å². The molecule has 0 saturated heterocycles. The van der Waals surface area contributed by atoms with E-state index in [9.17, 15) is 9.59 Å². The van der Waals surface area contributed by atoms with Crippen molar-refractivity contribution in [2.45, 2.75) is 111 Å². The summed E-state index contributed by atoms with van der Waals surface area (Å²) in [6, 6.07) is 8.03. The van der Waals surface area contributed by atoms with Gasteiger partial charge in [0, 0.05) is 66.6 Å². The van der Waals surface area contributed by atoms with E-state index in [1.165, 1.54) is 0 Å². The molecule has 4 N–H and O–H groups in total. The standard InChI is InChI=1S/C39H57ClN4O4/c1-23(7-6-15-42-17-18-44-33-13-16-43-34-21-27(40)8-9-29(33)34)30-10-11-31-37-32(22-36(39(30,31)5)48-25(3)46)38(4)14-12-28(41)19-26(38)20-35(37)47-24(2)45/h8-9,13,16,21,23,26,28,30-32,35-37,42H,6-7,10-12,14-15,17-20,22,41H2,1-5H3,(H,43,44)/t23-,26+,28-,30-,31+,32+,35-,36+,37+,38+,39-/m1/s1. The number of halogens is 1. The lowest BCUT2D eigenvalue weighted by Crippen LogP contribution is -2.63. The highest BCUT2D eigenvalue weighted by atomic mass is 35.5. The number of hydrogen-bond donors (Lipinski definition) is 3. The molecule has 1 aromatic heterocycles. The number of hydrogen-bond acceptors (Lipinski definition) is 8. The van der Waals surface area contributed by atoms with Crippen molar-refractivity contribution in [1.29, 1.82) is 0 Å². The Bertz CT molecular complexity index is 1470. The number of carbonyl (C=O) groups excluding carboxylic acids is 2. The highest BCUT2D eigenvalue weighted by Gasteiger charge is 2.67. The van der Waals surface area contributed by atoms with Crippen molar-refractivity contribution < 1.29 is 19.1 Å². The summed E-state index contributed by atoms with van der Waals surface area (Å²) in [5.74, 6) is 2.01. The van der Waals surface area contributed by atoms with Crippen LogP contribution in [-0.2, 0) is 19.1 Å². The smallest absolute Gasteiger partial charge is 0.302 e. The fraction of sp³-hybridized carbons (Fsp3) is 0.718. The van der Waals surface area contributed by atoms with E-state index in [1.54, 1.807) is 13.8 Å². The number of benzene rings is 1. The summed E-state index contributed by atoms with van der Waals surface area (Å²) in [7, 11) is 0. The van der Waals surface area contributed by atoms with Crippen LogP contribution >= 0.6 is 11.6 Å². The monoisotopic (exact) mass is 680 g/mol. The molecule has 0 amide bonds. The molecule has 48 heavy (non-hydrogen) atoms. The highest BCUT2D eigenvalue weighted by molar-refractivity contribution is 6.31. The number of ether oxygens (including phenoxy) is 2. The molecule has 0 radical (unpaired) electrons. The van der Waals surface area contributed by atoms with Gasteiger partial charge in [-0.25, -0.2) is 0 Å². The van der Waals surface area contributed by atoms with Crippen molar-refractivity contribution in [3.63, 3.8) is 0 Å². The van der Waals surface area contributed by atoms with Gasteiger partial charge in [0.2, 0.25) is 0 Å². The summed E-state index contributed by atoms with van der Waals surface area (Å²) in [4.78, 5) is 29.5. The van der Waals surface area contributed by atoms with Crippen LogP contribution in [0.4, 0.5) is 5.69 Å². The van der Waals surface area contributed by atoms with Crippen LogP contribution in [-0.4, -0.2) is 54.8 Å². The van der Waals surface area contributed by atoms with E-state index in [1.807, 2.05) is 30.5 Å². The summed E-state index contributed by atoms with van der Waals surface area (Å²) in [6.45, 7) is 13.0. The highest BCUT2D eigenvalue weighted by Crippen LogP contribution is 2.69. The predicted molar refractivity (Wildman–Crippen MR) is 192 cm³/mol. The van der Waals surface area contributed by atoms with Crippen LogP contribution in [0.3, 0.4) is 0 Å². The summed E-state index contributed by atoms with van der Waals surface area (Å²) >= 11 is 6.15. The Labute approximate surface area is 292 Å². The molecule has 2 aromatic rings. The minimum absolute atomic E-state index is 0.0896. The van der Waals surface area contributed by atoms with Crippen molar-refractivity contribution >= 4 is 40.1 Å². The lowest BCUT2D eigenvalue weighted by molar-refractivity contribution is -0.220. The Balaban J connectivity index is 1.09. The van der Waals surface area contributed by atoms with Gasteiger partial charge >= 0.3 is 11.9 Å². The van der Waals surface area contributed by atoms with Crippen LogP contribution < -0.4 is 16.4 Å². The number of pyridine rings is 1. The lowest BCUT2D eigenvalue weighted by Gasteiger charge is -2.64. The van der Waals surface area contributed by atoms with Gasteiger partial charge in [-0.05, 0) is 124 Å². The summed E-state index contributed by atoms with van der Waals surface area (Å²) in [6.07, 6.45) is 10.9. The number of anilines is 1. The van der Waals surface area contributed by atoms with E-state index >= 15 is 0 Å². The number of fused-ring (bicyclic) bond motifs is 6. The number of aromatic nitrogens is 1. The SMILES string of the molecule is CC(=O)O[C@H]1C[C@H]2[C@@H]([C@H](OC(C)=O)C[C@@H]3C[C@H](N)CC[C@@]32C)[C@@H]2CC[C@H]([C@H](C)CCCNCCNc3ccnc4cc(Cl)ccc34)[C@@]12C. The molecule has 4 aliphatic rings. The van der Waals surface area contributed by atoms with Gasteiger partial charge in [0.1, 0.15) is 12.2 Å². The summed E-state index contributed by atoms with van der Waals surface area (Å²) in [5.41, 5.74) is 8.44. The first-order chi connectivity index (χ1) is 22.9. The lowest BCUT2D eigenvalue weighted by atomic mass is 9.43. The fourth-order valence-electron chi connectivity index (χ4n) is 11.3. The Morgan fingerprint density at radius 3 is 2.58 bits per heavy atom. The third kappa shape index (κ3) is 6.83. The third-order valence-corrected chi connectivity index (χ3v) is 13.7. The van der Waals surface area contributed by atoms with Crippen molar-refractivity contribution in [2.75, 3.05) is 25.0 Å². The molecule has 8 nitrogen and oxygen atoms in total. The normalized spacial score (nSPS) is 36.4.